The van der Waals surface area contributed by atoms with Crippen molar-refractivity contribution in [3.8, 4) is 0 Å². The molecular weight excluding hydrogens is 285 g/mol. The summed E-state index contributed by atoms with van der Waals surface area (Å²) in [5.74, 6) is -0.210. The number of nitrogens with zero attached hydrogens (tertiary/aromatic N) is 1. The average Bonchev–Trinajstić information content (AvgIpc) is 2.91. The molecule has 3 rings (SSSR count). The maximum absolute atomic E-state index is 12.6. The topological polar surface area (TPSA) is 37.4 Å². The Balaban J connectivity index is 1.98. The molecule has 1 aliphatic heterocycles. The van der Waals surface area contributed by atoms with Gasteiger partial charge in [-0.3, -0.25) is 14.5 Å². The van der Waals surface area contributed by atoms with Crippen LogP contribution in [-0.2, 0) is 9.59 Å². The van der Waals surface area contributed by atoms with Gasteiger partial charge in [-0.2, -0.15) is 0 Å². The molecule has 1 aliphatic carbocycles. The Bertz CT molecular complexity index is 565. The summed E-state index contributed by atoms with van der Waals surface area (Å²) in [7, 11) is 0. The minimum atomic E-state index is -0.455. The van der Waals surface area contributed by atoms with Crippen molar-refractivity contribution in [2.75, 3.05) is 4.90 Å². The summed E-state index contributed by atoms with van der Waals surface area (Å²) in [6, 6.07) is 4.85. The third-order valence-corrected chi connectivity index (χ3v) is 4.86. The first-order valence-corrected chi connectivity index (χ1v) is 7.12. The van der Waals surface area contributed by atoms with E-state index in [4.69, 9.17) is 23.2 Å². The maximum atomic E-state index is 12.6. The van der Waals surface area contributed by atoms with E-state index in [0.717, 1.165) is 25.7 Å². The Labute approximate surface area is 121 Å². The molecule has 0 aromatic heterocycles. The van der Waals surface area contributed by atoms with Crippen LogP contribution >= 0.6 is 23.2 Å². The van der Waals surface area contributed by atoms with Crippen molar-refractivity contribution in [1.29, 1.82) is 0 Å². The summed E-state index contributed by atoms with van der Waals surface area (Å²) in [6.45, 7) is 0. The molecular formula is C14H13Cl2NO2. The van der Waals surface area contributed by atoms with Gasteiger partial charge >= 0.3 is 0 Å². The van der Waals surface area contributed by atoms with Gasteiger partial charge in [0.25, 0.3) is 0 Å². The lowest BCUT2D eigenvalue weighted by molar-refractivity contribution is -0.125. The summed E-state index contributed by atoms with van der Waals surface area (Å²) >= 11 is 11.8. The first-order chi connectivity index (χ1) is 9.03. The molecule has 1 spiro atoms. The Morgan fingerprint density at radius 2 is 1.74 bits per heavy atom. The number of imide groups is 1. The van der Waals surface area contributed by atoms with Crippen molar-refractivity contribution in [2.45, 2.75) is 32.1 Å². The normalized spacial score (nSPS) is 21.7. The lowest BCUT2D eigenvalue weighted by Gasteiger charge is -2.21. The molecule has 5 heteroatoms. The first kappa shape index (κ1) is 12.9. The summed E-state index contributed by atoms with van der Waals surface area (Å²) < 4.78 is 0. The minimum Gasteiger partial charge on any atom is -0.274 e. The standard InChI is InChI=1S/C14H13Cl2NO2/c15-10-4-3-9(7-11(10)16)17-12(18)8-14(13(17)19)5-1-2-6-14/h3-4,7H,1-2,5-6,8H2. The van der Waals surface area contributed by atoms with Gasteiger partial charge < -0.3 is 0 Å². The Hall–Kier alpha value is -1.06. The average molecular weight is 298 g/mol. The van der Waals surface area contributed by atoms with E-state index < -0.39 is 5.41 Å². The second-order valence-corrected chi connectivity index (χ2v) is 6.11. The van der Waals surface area contributed by atoms with Gasteiger partial charge in [0.2, 0.25) is 11.8 Å². The fourth-order valence-corrected chi connectivity index (χ4v) is 3.41. The quantitative estimate of drug-likeness (QED) is 0.739. The second kappa shape index (κ2) is 4.50. The predicted octanol–water partition coefficient (Wildman–Crippen LogP) is 3.82. The highest BCUT2D eigenvalue weighted by molar-refractivity contribution is 6.42. The van der Waals surface area contributed by atoms with Crippen LogP contribution in [0.3, 0.4) is 0 Å². The van der Waals surface area contributed by atoms with Crippen LogP contribution in [0, 0.1) is 5.41 Å². The molecule has 100 valence electrons. The fourth-order valence-electron chi connectivity index (χ4n) is 3.12. The molecule has 1 aromatic carbocycles. The van der Waals surface area contributed by atoms with E-state index in [1.165, 1.54) is 4.90 Å². The minimum absolute atomic E-state index is 0.0756. The van der Waals surface area contributed by atoms with Crippen molar-refractivity contribution < 1.29 is 9.59 Å². The van der Waals surface area contributed by atoms with Gasteiger partial charge in [-0.05, 0) is 31.0 Å². The van der Waals surface area contributed by atoms with Crippen LogP contribution in [0.25, 0.3) is 0 Å². The van der Waals surface area contributed by atoms with E-state index in [-0.39, 0.29) is 11.8 Å². The largest absolute Gasteiger partial charge is 0.274 e. The van der Waals surface area contributed by atoms with Crippen LogP contribution in [0.1, 0.15) is 32.1 Å². The molecule has 0 N–H and O–H groups in total. The summed E-state index contributed by atoms with van der Waals surface area (Å²) in [6.07, 6.45) is 4.00. The highest BCUT2D eigenvalue weighted by Crippen LogP contribution is 2.48. The van der Waals surface area contributed by atoms with Crippen LogP contribution < -0.4 is 4.90 Å². The molecule has 0 bridgehead atoms. The van der Waals surface area contributed by atoms with Crippen LogP contribution in [0.2, 0.25) is 10.0 Å². The van der Waals surface area contributed by atoms with E-state index in [1.54, 1.807) is 18.2 Å². The monoisotopic (exact) mass is 297 g/mol. The molecule has 0 unspecified atom stereocenters. The van der Waals surface area contributed by atoms with Gasteiger partial charge in [0, 0.05) is 6.42 Å². The number of benzene rings is 1. The smallest absolute Gasteiger partial charge is 0.240 e. The molecule has 2 fully saturated rings. The number of halogens is 2. The second-order valence-electron chi connectivity index (χ2n) is 5.30. The van der Waals surface area contributed by atoms with Crippen LogP contribution in [0.4, 0.5) is 5.69 Å². The van der Waals surface area contributed by atoms with Gasteiger partial charge in [0.05, 0.1) is 21.1 Å². The molecule has 2 amide bonds. The molecule has 1 saturated heterocycles. The number of rotatable bonds is 1. The number of anilines is 1. The molecule has 1 aromatic rings. The summed E-state index contributed by atoms with van der Waals surface area (Å²) in [5.41, 5.74) is 0.0663. The van der Waals surface area contributed by atoms with Crippen LogP contribution in [-0.4, -0.2) is 11.8 Å². The van der Waals surface area contributed by atoms with Crippen LogP contribution in [0.15, 0.2) is 18.2 Å². The maximum Gasteiger partial charge on any atom is 0.240 e. The Morgan fingerprint density at radius 1 is 1.05 bits per heavy atom. The number of amides is 2. The molecule has 0 radical (unpaired) electrons. The molecule has 19 heavy (non-hydrogen) atoms. The summed E-state index contributed by atoms with van der Waals surface area (Å²) in [4.78, 5) is 26.0. The van der Waals surface area contributed by atoms with E-state index in [2.05, 4.69) is 0 Å². The number of hydrogen-bond donors (Lipinski definition) is 0. The zero-order chi connectivity index (χ0) is 13.6. The van der Waals surface area contributed by atoms with Crippen molar-refractivity contribution in [2.24, 2.45) is 5.41 Å². The highest BCUT2D eigenvalue weighted by atomic mass is 35.5. The zero-order valence-electron chi connectivity index (χ0n) is 10.3. The van der Waals surface area contributed by atoms with Crippen molar-refractivity contribution >= 4 is 40.7 Å². The van der Waals surface area contributed by atoms with Crippen molar-refractivity contribution in [3.05, 3.63) is 28.2 Å². The zero-order valence-corrected chi connectivity index (χ0v) is 11.8. The Morgan fingerprint density at radius 3 is 2.37 bits per heavy atom. The summed E-state index contributed by atoms with van der Waals surface area (Å²) in [5, 5.41) is 0.771. The van der Waals surface area contributed by atoms with Crippen molar-refractivity contribution in [1.82, 2.24) is 0 Å². The molecule has 1 heterocycles. The van der Waals surface area contributed by atoms with Gasteiger partial charge in [0.15, 0.2) is 0 Å². The van der Waals surface area contributed by atoms with Gasteiger partial charge in [-0.25, -0.2) is 0 Å². The number of hydrogen-bond acceptors (Lipinski definition) is 2. The van der Waals surface area contributed by atoms with E-state index >= 15 is 0 Å². The van der Waals surface area contributed by atoms with Gasteiger partial charge in [0.1, 0.15) is 0 Å². The van der Waals surface area contributed by atoms with Gasteiger partial charge in [-0.15, -0.1) is 0 Å². The van der Waals surface area contributed by atoms with Crippen molar-refractivity contribution in [3.63, 3.8) is 0 Å². The predicted molar refractivity (Wildman–Crippen MR) is 74.5 cm³/mol. The number of carbonyl (C=O) groups excluding carboxylic acids is 2. The molecule has 3 nitrogen and oxygen atoms in total. The van der Waals surface area contributed by atoms with Gasteiger partial charge in [-0.1, -0.05) is 36.0 Å². The lowest BCUT2D eigenvalue weighted by Crippen LogP contribution is -2.34. The third kappa shape index (κ3) is 1.96. The van der Waals surface area contributed by atoms with E-state index in [0.29, 0.717) is 22.2 Å². The van der Waals surface area contributed by atoms with E-state index in [1.807, 2.05) is 0 Å². The SMILES string of the molecule is O=C1CC2(CCCC2)C(=O)N1c1ccc(Cl)c(Cl)c1. The lowest BCUT2D eigenvalue weighted by atomic mass is 9.84. The van der Waals surface area contributed by atoms with E-state index in [9.17, 15) is 9.59 Å². The number of carbonyl (C=O) groups is 2. The van der Waals surface area contributed by atoms with Crippen LogP contribution in [0.5, 0.6) is 0 Å². The third-order valence-electron chi connectivity index (χ3n) is 4.12. The first-order valence-electron chi connectivity index (χ1n) is 6.36. The molecule has 2 aliphatic rings. The molecule has 1 saturated carbocycles. The highest BCUT2D eigenvalue weighted by Gasteiger charge is 2.53. The molecule has 0 atom stereocenters. The Kier molecular flexibility index (Phi) is 3.06. The fraction of sp³-hybridized carbons (Fsp3) is 0.429.